The van der Waals surface area contributed by atoms with Crippen molar-refractivity contribution in [1.82, 2.24) is 4.98 Å². The van der Waals surface area contributed by atoms with Crippen LogP contribution >= 0.6 is 0 Å². The molecule has 0 aliphatic carbocycles. The molecule has 0 aliphatic rings. The lowest BCUT2D eigenvalue weighted by molar-refractivity contribution is -0.275. The molecule has 1 heterocycles. The first kappa shape index (κ1) is 15.9. The average molecular weight is 301 g/mol. The van der Waals surface area contributed by atoms with Gasteiger partial charge in [-0.25, -0.2) is 18.6 Å². The third-order valence-corrected chi connectivity index (χ3v) is 1.97. The molecule has 0 bridgehead atoms. The quantitative estimate of drug-likeness (QED) is 0.684. The van der Waals surface area contributed by atoms with E-state index in [9.17, 15) is 31.9 Å². The Balaban J connectivity index is 3.30. The zero-order valence-corrected chi connectivity index (χ0v) is 9.87. The lowest BCUT2D eigenvalue weighted by Crippen LogP contribution is -2.19. The van der Waals surface area contributed by atoms with Crippen molar-refractivity contribution in [3.05, 3.63) is 17.5 Å². The third-order valence-electron chi connectivity index (χ3n) is 1.97. The van der Waals surface area contributed by atoms with Gasteiger partial charge >= 0.3 is 12.3 Å². The van der Waals surface area contributed by atoms with Crippen LogP contribution in [0.5, 0.6) is 11.5 Å². The van der Waals surface area contributed by atoms with Gasteiger partial charge in [0.25, 0.3) is 6.43 Å². The summed E-state index contributed by atoms with van der Waals surface area (Å²) in [6.07, 6.45) is -8.49. The first-order valence-electron chi connectivity index (χ1n) is 5.10. The van der Waals surface area contributed by atoms with E-state index >= 15 is 0 Å². The van der Waals surface area contributed by atoms with Gasteiger partial charge in [0, 0.05) is 0 Å². The van der Waals surface area contributed by atoms with Crippen molar-refractivity contribution in [2.75, 3.05) is 6.61 Å². The molecule has 0 amide bonds. The standard InChI is InChI=1S/C10H8F5NO4/c1-2-19-9(18)6-7(17)5(8(11)12)4(3-16-6)20-10(13,14)15/h3,8,17H,2H2,1H3. The van der Waals surface area contributed by atoms with Crippen molar-refractivity contribution < 1.29 is 41.3 Å². The summed E-state index contributed by atoms with van der Waals surface area (Å²) in [6.45, 7) is 1.27. The van der Waals surface area contributed by atoms with E-state index in [0.29, 0.717) is 0 Å². The Morgan fingerprint density at radius 1 is 1.45 bits per heavy atom. The van der Waals surface area contributed by atoms with E-state index < -0.39 is 41.5 Å². The van der Waals surface area contributed by atoms with Crippen LogP contribution in [0.4, 0.5) is 22.0 Å². The molecular weight excluding hydrogens is 293 g/mol. The molecule has 1 aromatic heterocycles. The second kappa shape index (κ2) is 5.88. The third kappa shape index (κ3) is 3.68. The van der Waals surface area contributed by atoms with Crippen LogP contribution in [0.15, 0.2) is 6.20 Å². The van der Waals surface area contributed by atoms with Crippen molar-refractivity contribution in [3.63, 3.8) is 0 Å². The number of pyridine rings is 1. The maximum Gasteiger partial charge on any atom is 0.573 e. The maximum atomic E-state index is 12.7. The molecule has 20 heavy (non-hydrogen) atoms. The highest BCUT2D eigenvalue weighted by Gasteiger charge is 2.36. The van der Waals surface area contributed by atoms with Gasteiger partial charge in [0.05, 0.1) is 12.8 Å². The van der Waals surface area contributed by atoms with Gasteiger partial charge < -0.3 is 14.6 Å². The number of ether oxygens (including phenoxy) is 2. The molecule has 0 radical (unpaired) electrons. The summed E-state index contributed by atoms with van der Waals surface area (Å²) in [5.41, 5.74) is -2.41. The van der Waals surface area contributed by atoms with Gasteiger partial charge in [-0.3, -0.25) is 0 Å². The molecular formula is C10H8F5NO4. The van der Waals surface area contributed by atoms with Gasteiger partial charge in [-0.1, -0.05) is 0 Å². The summed E-state index contributed by atoms with van der Waals surface area (Å²) in [7, 11) is 0. The number of nitrogens with zero attached hydrogens (tertiary/aromatic N) is 1. The van der Waals surface area contributed by atoms with Gasteiger partial charge in [-0.2, -0.15) is 0 Å². The van der Waals surface area contributed by atoms with Crippen LogP contribution in [0.25, 0.3) is 0 Å². The minimum Gasteiger partial charge on any atom is -0.505 e. The highest BCUT2D eigenvalue weighted by molar-refractivity contribution is 5.91. The maximum absolute atomic E-state index is 12.7. The minimum absolute atomic E-state index is 0.134. The van der Waals surface area contributed by atoms with E-state index in [1.807, 2.05) is 0 Å². The molecule has 1 rings (SSSR count). The number of esters is 1. The molecule has 0 saturated carbocycles. The van der Waals surface area contributed by atoms with Gasteiger partial charge in [-0.15, -0.1) is 13.2 Å². The van der Waals surface area contributed by atoms with Crippen LogP contribution in [0, 0.1) is 0 Å². The summed E-state index contributed by atoms with van der Waals surface area (Å²) < 4.78 is 69.2. The summed E-state index contributed by atoms with van der Waals surface area (Å²) in [5.74, 6) is -4.05. The molecule has 0 saturated heterocycles. The number of hydrogen-bond acceptors (Lipinski definition) is 5. The lowest BCUT2D eigenvalue weighted by Gasteiger charge is -2.14. The Hall–Kier alpha value is -2.13. The van der Waals surface area contributed by atoms with Crippen LogP contribution < -0.4 is 4.74 Å². The zero-order chi connectivity index (χ0) is 15.5. The molecule has 5 nitrogen and oxygen atoms in total. The second-order valence-electron chi connectivity index (χ2n) is 3.30. The fraction of sp³-hybridized carbons (Fsp3) is 0.400. The Morgan fingerprint density at radius 2 is 2.05 bits per heavy atom. The van der Waals surface area contributed by atoms with E-state index in [1.54, 1.807) is 0 Å². The number of aromatic nitrogens is 1. The molecule has 112 valence electrons. The summed E-state index contributed by atoms with van der Waals surface area (Å²) in [5, 5.41) is 9.44. The normalized spacial score (nSPS) is 11.6. The Labute approximate surface area is 108 Å². The Kier molecular flexibility index (Phi) is 4.69. The van der Waals surface area contributed by atoms with E-state index in [4.69, 9.17) is 0 Å². The number of carbonyl (C=O) groups is 1. The number of aromatic hydroxyl groups is 1. The van der Waals surface area contributed by atoms with Crippen LogP contribution in [0.2, 0.25) is 0 Å². The zero-order valence-electron chi connectivity index (χ0n) is 9.87. The van der Waals surface area contributed by atoms with Gasteiger partial charge in [0.1, 0.15) is 5.56 Å². The fourth-order valence-corrected chi connectivity index (χ4v) is 1.26. The van der Waals surface area contributed by atoms with Crippen molar-refractivity contribution in [1.29, 1.82) is 0 Å². The van der Waals surface area contributed by atoms with Gasteiger partial charge in [-0.05, 0) is 6.92 Å². The number of alkyl halides is 5. The molecule has 0 spiro atoms. The number of halogens is 5. The molecule has 0 atom stereocenters. The van der Waals surface area contributed by atoms with E-state index in [1.165, 1.54) is 6.92 Å². The Bertz CT molecular complexity index is 503. The van der Waals surface area contributed by atoms with Crippen molar-refractivity contribution in [3.8, 4) is 11.5 Å². The SMILES string of the molecule is CCOC(=O)c1ncc(OC(F)(F)F)c(C(F)F)c1O. The highest BCUT2D eigenvalue weighted by Crippen LogP contribution is 2.39. The minimum atomic E-state index is -5.25. The fourth-order valence-electron chi connectivity index (χ4n) is 1.26. The number of carbonyl (C=O) groups excluding carboxylic acids is 1. The van der Waals surface area contributed by atoms with Crippen LogP contribution in [-0.4, -0.2) is 29.0 Å². The van der Waals surface area contributed by atoms with Crippen molar-refractivity contribution >= 4 is 5.97 Å². The molecule has 0 fully saturated rings. The average Bonchev–Trinajstić information content (AvgIpc) is 2.26. The summed E-state index contributed by atoms with van der Waals surface area (Å²) >= 11 is 0. The number of rotatable bonds is 4. The first-order valence-corrected chi connectivity index (χ1v) is 5.10. The predicted molar refractivity (Wildman–Crippen MR) is 53.5 cm³/mol. The largest absolute Gasteiger partial charge is 0.573 e. The van der Waals surface area contributed by atoms with E-state index in [-0.39, 0.29) is 12.8 Å². The van der Waals surface area contributed by atoms with Crippen molar-refractivity contribution in [2.24, 2.45) is 0 Å². The molecule has 0 aliphatic heterocycles. The second-order valence-corrected chi connectivity index (χ2v) is 3.30. The topological polar surface area (TPSA) is 68.7 Å². The molecule has 1 N–H and O–H groups in total. The molecule has 0 unspecified atom stereocenters. The summed E-state index contributed by atoms with van der Waals surface area (Å²) in [6, 6.07) is 0. The van der Waals surface area contributed by atoms with Gasteiger partial charge in [0.15, 0.2) is 17.2 Å². The molecule has 10 heteroatoms. The highest BCUT2D eigenvalue weighted by atomic mass is 19.4. The monoisotopic (exact) mass is 301 g/mol. The van der Waals surface area contributed by atoms with Crippen molar-refractivity contribution in [2.45, 2.75) is 19.7 Å². The predicted octanol–water partition coefficient (Wildman–Crippen LogP) is 2.80. The summed E-state index contributed by atoms with van der Waals surface area (Å²) in [4.78, 5) is 14.4. The first-order chi connectivity index (χ1) is 9.17. The van der Waals surface area contributed by atoms with E-state index in [0.717, 1.165) is 0 Å². The lowest BCUT2D eigenvalue weighted by atomic mass is 10.2. The number of hydrogen-bond donors (Lipinski definition) is 1. The smallest absolute Gasteiger partial charge is 0.505 e. The Morgan fingerprint density at radius 3 is 2.50 bits per heavy atom. The van der Waals surface area contributed by atoms with E-state index in [2.05, 4.69) is 14.5 Å². The van der Waals surface area contributed by atoms with Crippen LogP contribution in [0.1, 0.15) is 29.4 Å². The molecule has 1 aromatic rings. The van der Waals surface area contributed by atoms with Crippen LogP contribution in [-0.2, 0) is 4.74 Å². The molecule has 0 aromatic carbocycles. The van der Waals surface area contributed by atoms with Gasteiger partial charge in [0.2, 0.25) is 0 Å². The van der Waals surface area contributed by atoms with Crippen LogP contribution in [0.3, 0.4) is 0 Å².